The van der Waals surface area contributed by atoms with Gasteiger partial charge < -0.3 is 15.3 Å². The maximum absolute atomic E-state index is 10.8. The quantitative estimate of drug-likeness (QED) is 0.578. The first-order chi connectivity index (χ1) is 6.51. The molecule has 2 atom stereocenters. The summed E-state index contributed by atoms with van der Waals surface area (Å²) < 4.78 is 0. The van der Waals surface area contributed by atoms with Crippen LogP contribution in [0.5, 0.6) is 0 Å². The number of hydrogen-bond donors (Lipinski definition) is 3. The summed E-state index contributed by atoms with van der Waals surface area (Å²) in [5.74, 6) is -1.58. The first-order valence-corrected chi connectivity index (χ1v) is 5.10. The monoisotopic (exact) mass is 204 g/mol. The molecule has 0 aliphatic heterocycles. The van der Waals surface area contributed by atoms with Crippen LogP contribution in [0, 0.1) is 5.92 Å². The van der Waals surface area contributed by atoms with Crippen LogP contribution in [0.2, 0.25) is 0 Å². The standard InChI is InChI=1S/C10H20O4/c1-3-8(11)5-7(10(13)14)6-9(12)4-2/h7-9,11-12H,3-6H2,1-2H3,(H,13,14). The van der Waals surface area contributed by atoms with Crippen molar-refractivity contribution in [1.29, 1.82) is 0 Å². The molecule has 14 heavy (non-hydrogen) atoms. The average Bonchev–Trinajstić information content (AvgIpc) is 2.16. The van der Waals surface area contributed by atoms with Crippen molar-refractivity contribution in [3.8, 4) is 0 Å². The molecule has 0 radical (unpaired) electrons. The van der Waals surface area contributed by atoms with Crippen molar-refractivity contribution in [3.05, 3.63) is 0 Å². The summed E-state index contributed by atoms with van der Waals surface area (Å²) in [5, 5.41) is 27.5. The molecule has 0 rings (SSSR count). The molecule has 4 nitrogen and oxygen atoms in total. The van der Waals surface area contributed by atoms with Gasteiger partial charge in [0.25, 0.3) is 0 Å². The van der Waals surface area contributed by atoms with Crippen LogP contribution in [0.15, 0.2) is 0 Å². The fourth-order valence-electron chi connectivity index (χ4n) is 1.29. The van der Waals surface area contributed by atoms with Crippen LogP contribution in [-0.2, 0) is 4.79 Å². The van der Waals surface area contributed by atoms with Gasteiger partial charge in [0.2, 0.25) is 0 Å². The lowest BCUT2D eigenvalue weighted by Crippen LogP contribution is -2.24. The molecule has 0 fully saturated rings. The van der Waals surface area contributed by atoms with E-state index >= 15 is 0 Å². The maximum Gasteiger partial charge on any atom is 0.306 e. The van der Waals surface area contributed by atoms with E-state index in [0.717, 1.165) is 0 Å². The number of rotatable bonds is 7. The number of carbonyl (C=O) groups is 1. The van der Waals surface area contributed by atoms with Crippen LogP contribution >= 0.6 is 0 Å². The Bertz CT molecular complexity index is 158. The van der Waals surface area contributed by atoms with Crippen molar-refractivity contribution in [3.63, 3.8) is 0 Å². The highest BCUT2D eigenvalue weighted by atomic mass is 16.4. The Kier molecular flexibility index (Phi) is 6.49. The molecule has 84 valence electrons. The van der Waals surface area contributed by atoms with Crippen molar-refractivity contribution in [2.45, 2.75) is 51.7 Å². The van der Waals surface area contributed by atoms with Crippen molar-refractivity contribution in [1.82, 2.24) is 0 Å². The van der Waals surface area contributed by atoms with E-state index in [1.54, 1.807) is 13.8 Å². The van der Waals surface area contributed by atoms with Gasteiger partial charge in [-0.2, -0.15) is 0 Å². The predicted octanol–water partition coefficient (Wildman–Crippen LogP) is 1.01. The summed E-state index contributed by atoms with van der Waals surface area (Å²) in [6, 6.07) is 0. The van der Waals surface area contributed by atoms with Crippen LogP contribution in [0.3, 0.4) is 0 Å². The fourth-order valence-corrected chi connectivity index (χ4v) is 1.29. The van der Waals surface area contributed by atoms with Gasteiger partial charge >= 0.3 is 5.97 Å². The molecule has 4 heteroatoms. The van der Waals surface area contributed by atoms with Crippen molar-refractivity contribution in [2.75, 3.05) is 0 Å². The first kappa shape index (κ1) is 13.4. The second-order valence-corrected chi connectivity index (χ2v) is 3.63. The molecule has 0 aromatic heterocycles. The van der Waals surface area contributed by atoms with Crippen molar-refractivity contribution >= 4 is 5.97 Å². The van der Waals surface area contributed by atoms with E-state index < -0.39 is 24.1 Å². The lowest BCUT2D eigenvalue weighted by atomic mass is 9.93. The van der Waals surface area contributed by atoms with E-state index in [9.17, 15) is 15.0 Å². The first-order valence-electron chi connectivity index (χ1n) is 5.10. The summed E-state index contributed by atoms with van der Waals surface area (Å²) in [6.45, 7) is 3.61. The highest BCUT2D eigenvalue weighted by Crippen LogP contribution is 2.17. The molecule has 0 aliphatic rings. The van der Waals surface area contributed by atoms with Gasteiger partial charge in [-0.3, -0.25) is 4.79 Å². The zero-order valence-electron chi connectivity index (χ0n) is 8.81. The van der Waals surface area contributed by atoms with E-state index in [1.807, 2.05) is 0 Å². The molecule has 0 aromatic carbocycles. The number of carboxylic acids is 1. The number of aliphatic hydroxyl groups excluding tert-OH is 2. The molecule has 0 bridgehead atoms. The maximum atomic E-state index is 10.8. The minimum absolute atomic E-state index is 0.225. The molecule has 0 amide bonds. The highest BCUT2D eigenvalue weighted by Gasteiger charge is 2.23. The Labute approximate surface area is 84.6 Å². The van der Waals surface area contributed by atoms with Gasteiger partial charge in [-0.05, 0) is 25.7 Å². The fraction of sp³-hybridized carbons (Fsp3) is 0.900. The number of aliphatic carboxylic acids is 1. The van der Waals surface area contributed by atoms with Gasteiger partial charge in [-0.25, -0.2) is 0 Å². The smallest absolute Gasteiger partial charge is 0.306 e. The van der Waals surface area contributed by atoms with Gasteiger partial charge in [0.15, 0.2) is 0 Å². The third-order valence-corrected chi connectivity index (χ3v) is 2.40. The van der Waals surface area contributed by atoms with Gasteiger partial charge in [-0.15, -0.1) is 0 Å². The number of carboxylic acid groups (broad SMARTS) is 1. The highest BCUT2D eigenvalue weighted by molar-refractivity contribution is 5.70. The Morgan fingerprint density at radius 1 is 1.07 bits per heavy atom. The Morgan fingerprint density at radius 3 is 1.64 bits per heavy atom. The summed E-state index contributed by atoms with van der Waals surface area (Å²) in [6.07, 6.45) is 0.379. The topological polar surface area (TPSA) is 77.8 Å². The molecular formula is C10H20O4. The zero-order chi connectivity index (χ0) is 11.1. The van der Waals surface area contributed by atoms with E-state index in [4.69, 9.17) is 5.11 Å². The van der Waals surface area contributed by atoms with Crippen LogP contribution in [0.1, 0.15) is 39.5 Å². The third-order valence-electron chi connectivity index (χ3n) is 2.40. The van der Waals surface area contributed by atoms with Gasteiger partial charge in [0.1, 0.15) is 0 Å². The molecule has 0 heterocycles. The molecule has 0 aromatic rings. The summed E-state index contributed by atoms with van der Waals surface area (Å²) >= 11 is 0. The predicted molar refractivity (Wildman–Crippen MR) is 53.0 cm³/mol. The van der Waals surface area contributed by atoms with Gasteiger partial charge in [0, 0.05) is 0 Å². The minimum Gasteiger partial charge on any atom is -0.481 e. The summed E-state index contributed by atoms with van der Waals surface area (Å²) in [4.78, 5) is 10.8. The number of hydrogen-bond acceptors (Lipinski definition) is 3. The summed E-state index contributed by atoms with van der Waals surface area (Å²) in [5.41, 5.74) is 0. The minimum atomic E-state index is -0.940. The van der Waals surface area contributed by atoms with E-state index in [2.05, 4.69) is 0 Å². The van der Waals surface area contributed by atoms with E-state index in [0.29, 0.717) is 12.8 Å². The molecule has 2 unspecified atom stereocenters. The Morgan fingerprint density at radius 2 is 1.43 bits per heavy atom. The Balaban J connectivity index is 4.09. The number of aliphatic hydroxyl groups is 2. The van der Waals surface area contributed by atoms with E-state index in [-0.39, 0.29) is 12.8 Å². The normalized spacial score (nSPS) is 17.4. The Hall–Kier alpha value is -0.610. The average molecular weight is 204 g/mol. The lowest BCUT2D eigenvalue weighted by Gasteiger charge is -2.18. The van der Waals surface area contributed by atoms with Crippen molar-refractivity contribution in [2.24, 2.45) is 5.92 Å². The molecule has 0 saturated carbocycles. The van der Waals surface area contributed by atoms with Crippen LogP contribution < -0.4 is 0 Å². The van der Waals surface area contributed by atoms with Gasteiger partial charge in [0.05, 0.1) is 18.1 Å². The second kappa shape index (κ2) is 6.79. The third kappa shape index (κ3) is 5.19. The molecule has 0 spiro atoms. The molecule has 0 saturated heterocycles. The van der Waals surface area contributed by atoms with Crippen LogP contribution in [0.4, 0.5) is 0 Å². The van der Waals surface area contributed by atoms with E-state index in [1.165, 1.54) is 0 Å². The second-order valence-electron chi connectivity index (χ2n) is 3.63. The lowest BCUT2D eigenvalue weighted by molar-refractivity contribution is -0.144. The van der Waals surface area contributed by atoms with Crippen LogP contribution in [0.25, 0.3) is 0 Å². The summed E-state index contributed by atoms with van der Waals surface area (Å²) in [7, 11) is 0. The van der Waals surface area contributed by atoms with Crippen LogP contribution in [-0.4, -0.2) is 33.5 Å². The van der Waals surface area contributed by atoms with Gasteiger partial charge in [-0.1, -0.05) is 13.8 Å². The largest absolute Gasteiger partial charge is 0.481 e. The SMILES string of the molecule is CCC(O)CC(CC(O)CC)C(=O)O. The molecule has 0 aliphatic carbocycles. The van der Waals surface area contributed by atoms with Crippen molar-refractivity contribution < 1.29 is 20.1 Å². The zero-order valence-corrected chi connectivity index (χ0v) is 8.81. The molecular weight excluding hydrogens is 184 g/mol. The molecule has 3 N–H and O–H groups in total.